The number of nitrogens with zero attached hydrogens (tertiary/aromatic N) is 3. The van der Waals surface area contributed by atoms with Gasteiger partial charge >= 0.3 is 0 Å². The largest absolute Gasteiger partial charge is 0.339 e. The summed E-state index contributed by atoms with van der Waals surface area (Å²) in [6.07, 6.45) is 6.09. The van der Waals surface area contributed by atoms with Crippen LogP contribution in [0.5, 0.6) is 0 Å². The summed E-state index contributed by atoms with van der Waals surface area (Å²) in [4.78, 5) is 11.0. The van der Waals surface area contributed by atoms with Gasteiger partial charge in [0.15, 0.2) is 0 Å². The van der Waals surface area contributed by atoms with Crippen LogP contribution in [-0.4, -0.2) is 29.1 Å². The summed E-state index contributed by atoms with van der Waals surface area (Å²) in [5, 5.41) is 0. The van der Waals surface area contributed by atoms with Gasteiger partial charge in [0.2, 0.25) is 5.95 Å². The molecule has 1 atom stereocenters. The first-order chi connectivity index (χ1) is 7.66. The van der Waals surface area contributed by atoms with Gasteiger partial charge in [0.05, 0.1) is 0 Å². The van der Waals surface area contributed by atoms with Crippen LogP contribution in [0.1, 0.15) is 38.2 Å². The molecule has 1 aromatic rings. The molecule has 1 aliphatic heterocycles. The Hall–Kier alpha value is -1.16. The standard InChI is InChI=1S/C12H20N4/c1-9(2)10-6-14-12(15-7-10)16-5-3-4-11(13)8-16/h6-7,9,11H,3-5,8,13H2,1-2H3. The van der Waals surface area contributed by atoms with Crippen LogP contribution in [0.25, 0.3) is 0 Å². The number of rotatable bonds is 2. The van der Waals surface area contributed by atoms with Gasteiger partial charge in [-0.2, -0.15) is 0 Å². The summed E-state index contributed by atoms with van der Waals surface area (Å²) in [7, 11) is 0. The minimum absolute atomic E-state index is 0.266. The second-order valence-corrected chi connectivity index (χ2v) is 4.82. The second kappa shape index (κ2) is 4.78. The lowest BCUT2D eigenvalue weighted by atomic mass is 10.1. The average Bonchev–Trinajstić information content (AvgIpc) is 2.29. The van der Waals surface area contributed by atoms with E-state index < -0.39 is 0 Å². The van der Waals surface area contributed by atoms with Gasteiger partial charge in [-0.05, 0) is 24.3 Å². The molecule has 1 aliphatic rings. The zero-order chi connectivity index (χ0) is 11.5. The minimum atomic E-state index is 0.266. The van der Waals surface area contributed by atoms with E-state index in [1.807, 2.05) is 12.4 Å². The van der Waals surface area contributed by atoms with E-state index in [-0.39, 0.29) is 6.04 Å². The number of hydrogen-bond donors (Lipinski definition) is 1. The Bertz CT molecular complexity index is 333. The third-order valence-corrected chi connectivity index (χ3v) is 3.07. The summed E-state index contributed by atoms with van der Waals surface area (Å²) in [6, 6.07) is 0.266. The van der Waals surface area contributed by atoms with Crippen molar-refractivity contribution in [3.05, 3.63) is 18.0 Å². The molecule has 2 heterocycles. The molecule has 1 unspecified atom stereocenters. The maximum atomic E-state index is 5.94. The van der Waals surface area contributed by atoms with Gasteiger partial charge in [0.1, 0.15) is 0 Å². The highest BCUT2D eigenvalue weighted by molar-refractivity contribution is 5.31. The molecule has 1 saturated heterocycles. The zero-order valence-electron chi connectivity index (χ0n) is 10.1. The monoisotopic (exact) mass is 220 g/mol. The van der Waals surface area contributed by atoms with Crippen LogP contribution in [0.3, 0.4) is 0 Å². The number of hydrogen-bond acceptors (Lipinski definition) is 4. The van der Waals surface area contributed by atoms with Crippen molar-refractivity contribution in [1.82, 2.24) is 9.97 Å². The molecule has 88 valence electrons. The smallest absolute Gasteiger partial charge is 0.225 e. The summed E-state index contributed by atoms with van der Waals surface area (Å²) < 4.78 is 0. The third kappa shape index (κ3) is 2.50. The lowest BCUT2D eigenvalue weighted by Gasteiger charge is -2.30. The van der Waals surface area contributed by atoms with E-state index in [0.29, 0.717) is 5.92 Å². The molecule has 4 nitrogen and oxygen atoms in total. The summed E-state index contributed by atoms with van der Waals surface area (Å²) in [6.45, 7) is 6.19. The molecule has 16 heavy (non-hydrogen) atoms. The van der Waals surface area contributed by atoms with E-state index in [0.717, 1.165) is 31.9 Å². The predicted octanol–water partition coefficient (Wildman–Crippen LogP) is 1.53. The van der Waals surface area contributed by atoms with Crippen molar-refractivity contribution < 1.29 is 0 Å². The first-order valence-electron chi connectivity index (χ1n) is 5.99. The molecule has 0 saturated carbocycles. The molecule has 1 aromatic heterocycles. The van der Waals surface area contributed by atoms with Crippen LogP contribution in [0.15, 0.2) is 12.4 Å². The number of nitrogens with two attached hydrogens (primary N) is 1. The molecule has 0 aromatic carbocycles. The lowest BCUT2D eigenvalue weighted by molar-refractivity contribution is 0.499. The molecule has 0 bridgehead atoms. The molecular weight excluding hydrogens is 200 g/mol. The Labute approximate surface area is 96.9 Å². The molecule has 0 aliphatic carbocycles. The van der Waals surface area contributed by atoms with Gasteiger partial charge in [0, 0.05) is 31.5 Å². The first kappa shape index (κ1) is 11.3. The van der Waals surface area contributed by atoms with Crippen LogP contribution >= 0.6 is 0 Å². The van der Waals surface area contributed by atoms with E-state index in [2.05, 4.69) is 28.7 Å². The van der Waals surface area contributed by atoms with Crippen molar-refractivity contribution in [3.8, 4) is 0 Å². The average molecular weight is 220 g/mol. The Morgan fingerprint density at radius 1 is 1.38 bits per heavy atom. The number of piperidine rings is 1. The molecule has 1 fully saturated rings. The zero-order valence-corrected chi connectivity index (χ0v) is 10.1. The first-order valence-corrected chi connectivity index (χ1v) is 5.99. The van der Waals surface area contributed by atoms with Crippen molar-refractivity contribution in [2.45, 2.75) is 38.6 Å². The minimum Gasteiger partial charge on any atom is -0.339 e. The predicted molar refractivity (Wildman–Crippen MR) is 65.5 cm³/mol. The maximum Gasteiger partial charge on any atom is 0.225 e. The SMILES string of the molecule is CC(C)c1cnc(N2CCCC(N)C2)nc1. The molecule has 0 spiro atoms. The van der Waals surface area contributed by atoms with Crippen molar-refractivity contribution in [2.75, 3.05) is 18.0 Å². The van der Waals surface area contributed by atoms with Crippen molar-refractivity contribution in [2.24, 2.45) is 5.73 Å². The van der Waals surface area contributed by atoms with Crippen LogP contribution in [-0.2, 0) is 0 Å². The Morgan fingerprint density at radius 2 is 2.06 bits per heavy atom. The molecule has 2 rings (SSSR count). The van der Waals surface area contributed by atoms with Gasteiger partial charge < -0.3 is 10.6 Å². The normalized spacial score (nSPS) is 21.5. The Balaban J connectivity index is 2.09. The van der Waals surface area contributed by atoms with E-state index in [9.17, 15) is 0 Å². The fourth-order valence-corrected chi connectivity index (χ4v) is 1.98. The van der Waals surface area contributed by atoms with Crippen molar-refractivity contribution in [3.63, 3.8) is 0 Å². The van der Waals surface area contributed by atoms with Gasteiger partial charge in [-0.3, -0.25) is 0 Å². The lowest BCUT2D eigenvalue weighted by Crippen LogP contribution is -2.43. The molecule has 0 amide bonds. The van der Waals surface area contributed by atoms with Crippen molar-refractivity contribution in [1.29, 1.82) is 0 Å². The second-order valence-electron chi connectivity index (χ2n) is 4.82. The highest BCUT2D eigenvalue weighted by atomic mass is 15.3. The fourth-order valence-electron chi connectivity index (χ4n) is 1.98. The molecule has 0 radical (unpaired) electrons. The Morgan fingerprint density at radius 3 is 2.62 bits per heavy atom. The van der Waals surface area contributed by atoms with Gasteiger partial charge in [-0.25, -0.2) is 9.97 Å². The Kier molecular flexibility index (Phi) is 3.39. The van der Waals surface area contributed by atoms with E-state index in [4.69, 9.17) is 5.73 Å². The highest BCUT2D eigenvalue weighted by Crippen LogP contribution is 2.17. The van der Waals surface area contributed by atoms with Gasteiger partial charge in [0.25, 0.3) is 0 Å². The van der Waals surface area contributed by atoms with E-state index >= 15 is 0 Å². The highest BCUT2D eigenvalue weighted by Gasteiger charge is 2.18. The molecule has 2 N–H and O–H groups in total. The quantitative estimate of drug-likeness (QED) is 0.821. The van der Waals surface area contributed by atoms with Crippen molar-refractivity contribution >= 4 is 5.95 Å². The fraction of sp³-hybridized carbons (Fsp3) is 0.667. The number of aromatic nitrogens is 2. The summed E-state index contributed by atoms with van der Waals surface area (Å²) in [5.41, 5.74) is 7.13. The van der Waals surface area contributed by atoms with Crippen LogP contribution in [0.4, 0.5) is 5.95 Å². The topological polar surface area (TPSA) is 55.0 Å². The molecule has 4 heteroatoms. The van der Waals surface area contributed by atoms with Gasteiger partial charge in [-0.15, -0.1) is 0 Å². The summed E-state index contributed by atoms with van der Waals surface area (Å²) >= 11 is 0. The molecular formula is C12H20N4. The summed E-state index contributed by atoms with van der Waals surface area (Å²) in [5.74, 6) is 1.30. The van der Waals surface area contributed by atoms with Gasteiger partial charge in [-0.1, -0.05) is 13.8 Å². The van der Waals surface area contributed by atoms with Crippen LogP contribution in [0, 0.1) is 0 Å². The van der Waals surface area contributed by atoms with E-state index in [1.165, 1.54) is 5.56 Å². The number of anilines is 1. The van der Waals surface area contributed by atoms with E-state index in [1.54, 1.807) is 0 Å². The van der Waals surface area contributed by atoms with Crippen LogP contribution < -0.4 is 10.6 Å². The maximum absolute atomic E-state index is 5.94. The van der Waals surface area contributed by atoms with Crippen LogP contribution in [0.2, 0.25) is 0 Å². The third-order valence-electron chi connectivity index (χ3n) is 3.07.